The first kappa shape index (κ1) is 64.4. The van der Waals surface area contributed by atoms with Crippen molar-refractivity contribution < 1.29 is 28.6 Å². The van der Waals surface area contributed by atoms with Gasteiger partial charge < -0.3 is 14.2 Å². The molecule has 0 aromatic heterocycles. The van der Waals surface area contributed by atoms with Crippen molar-refractivity contribution in [2.24, 2.45) is 11.8 Å². The van der Waals surface area contributed by atoms with E-state index in [0.717, 1.165) is 69.6 Å². The zero-order valence-electron chi connectivity index (χ0n) is 45.3. The quantitative estimate of drug-likeness (QED) is 0.0343. The minimum absolute atomic E-state index is 0.0633. The Morgan fingerprint density at radius 3 is 0.864 bits per heavy atom. The SMILES string of the molecule is CCCCCCCCCCCCCCCCCCCC(=O)OC[C@@H](COC(=O)CCCCCCCCC(C)CC)OC(=O)CCCCCCCCCCCCCCCCCCCCC(C)C. The van der Waals surface area contributed by atoms with E-state index in [0.29, 0.717) is 19.3 Å². The fourth-order valence-electron chi connectivity index (χ4n) is 9.20. The predicted octanol–water partition coefficient (Wildman–Crippen LogP) is 19.7. The fourth-order valence-corrected chi connectivity index (χ4v) is 9.20. The van der Waals surface area contributed by atoms with Crippen molar-refractivity contribution in [1.29, 1.82) is 0 Å². The van der Waals surface area contributed by atoms with Crippen molar-refractivity contribution in [2.75, 3.05) is 13.2 Å². The van der Waals surface area contributed by atoms with Crippen LogP contribution >= 0.6 is 0 Å². The predicted molar refractivity (Wildman–Crippen MR) is 284 cm³/mol. The number of carbonyl (C=O) groups excluding carboxylic acids is 3. The highest BCUT2D eigenvalue weighted by Crippen LogP contribution is 2.19. The second-order valence-electron chi connectivity index (χ2n) is 21.4. The van der Waals surface area contributed by atoms with Crippen LogP contribution in [0.2, 0.25) is 0 Å². The Balaban J connectivity index is 4.22. The minimum atomic E-state index is -0.763. The third kappa shape index (κ3) is 51.8. The van der Waals surface area contributed by atoms with Crippen molar-refractivity contribution in [3.05, 3.63) is 0 Å². The number of hydrogen-bond acceptors (Lipinski definition) is 6. The van der Waals surface area contributed by atoms with Crippen LogP contribution in [0.15, 0.2) is 0 Å². The standard InChI is InChI=1S/C60H116O6/c1-6-8-9-10-11-12-13-14-15-18-22-25-28-31-34-40-45-50-58(61)64-53-57(54-65-59(62)51-46-41-37-36-39-44-49-56(5)7-2)66-60(63)52-47-42-35-32-29-26-23-20-17-16-19-21-24-27-30-33-38-43-48-55(3)4/h55-57H,6-54H2,1-5H3/t56?,57-/m0/s1. The van der Waals surface area contributed by atoms with Crippen LogP contribution in [0.3, 0.4) is 0 Å². The molecule has 0 aliphatic heterocycles. The number of ether oxygens (including phenoxy) is 3. The van der Waals surface area contributed by atoms with Crippen molar-refractivity contribution >= 4 is 17.9 Å². The van der Waals surface area contributed by atoms with Crippen LogP contribution in [0, 0.1) is 11.8 Å². The maximum Gasteiger partial charge on any atom is 0.306 e. The Kier molecular flexibility index (Phi) is 51.5. The van der Waals surface area contributed by atoms with E-state index in [1.807, 2.05) is 0 Å². The van der Waals surface area contributed by atoms with Gasteiger partial charge in [-0.25, -0.2) is 0 Å². The van der Waals surface area contributed by atoms with E-state index in [-0.39, 0.29) is 31.1 Å². The van der Waals surface area contributed by atoms with Gasteiger partial charge in [0, 0.05) is 19.3 Å². The molecule has 6 nitrogen and oxygen atoms in total. The summed E-state index contributed by atoms with van der Waals surface area (Å²) in [5.74, 6) is 0.831. The molecule has 0 aliphatic rings. The summed E-state index contributed by atoms with van der Waals surface area (Å²) in [5.41, 5.74) is 0. The van der Waals surface area contributed by atoms with Gasteiger partial charge in [-0.2, -0.15) is 0 Å². The number of unbranched alkanes of at least 4 members (excludes halogenated alkanes) is 38. The normalized spacial score (nSPS) is 12.5. The summed E-state index contributed by atoms with van der Waals surface area (Å²) in [5, 5.41) is 0. The zero-order valence-corrected chi connectivity index (χ0v) is 45.3. The van der Waals surface area contributed by atoms with Crippen molar-refractivity contribution in [3.8, 4) is 0 Å². The summed E-state index contributed by atoms with van der Waals surface area (Å²) < 4.78 is 16.9. The van der Waals surface area contributed by atoms with Gasteiger partial charge in [0.2, 0.25) is 0 Å². The molecule has 0 heterocycles. The molecule has 66 heavy (non-hydrogen) atoms. The molecule has 0 spiro atoms. The van der Waals surface area contributed by atoms with Gasteiger partial charge in [-0.05, 0) is 31.1 Å². The average Bonchev–Trinajstić information content (AvgIpc) is 3.30. The maximum absolute atomic E-state index is 12.9. The molecule has 6 heteroatoms. The summed E-state index contributed by atoms with van der Waals surface area (Å²) in [6.45, 7) is 11.4. The highest BCUT2D eigenvalue weighted by Gasteiger charge is 2.19. The lowest BCUT2D eigenvalue weighted by Crippen LogP contribution is -2.30. The van der Waals surface area contributed by atoms with Crippen LogP contribution in [0.1, 0.15) is 336 Å². The van der Waals surface area contributed by atoms with E-state index in [1.165, 1.54) is 225 Å². The number of hydrogen-bond donors (Lipinski definition) is 0. The Labute approximate surface area is 412 Å². The van der Waals surface area contributed by atoms with Gasteiger partial charge in [0.15, 0.2) is 6.10 Å². The van der Waals surface area contributed by atoms with Crippen LogP contribution in [0.4, 0.5) is 0 Å². The highest BCUT2D eigenvalue weighted by molar-refractivity contribution is 5.71. The van der Waals surface area contributed by atoms with Gasteiger partial charge in [0.25, 0.3) is 0 Å². The summed E-state index contributed by atoms with van der Waals surface area (Å²) in [6.07, 6.45) is 56.8. The van der Waals surface area contributed by atoms with Crippen LogP contribution < -0.4 is 0 Å². The smallest absolute Gasteiger partial charge is 0.306 e. The lowest BCUT2D eigenvalue weighted by molar-refractivity contribution is -0.167. The molecule has 0 bridgehead atoms. The van der Waals surface area contributed by atoms with E-state index in [2.05, 4.69) is 34.6 Å². The second-order valence-corrected chi connectivity index (χ2v) is 21.4. The van der Waals surface area contributed by atoms with E-state index in [1.54, 1.807) is 0 Å². The molecule has 0 aromatic rings. The molecule has 0 saturated heterocycles. The lowest BCUT2D eigenvalue weighted by atomic mass is 10.00. The van der Waals surface area contributed by atoms with Gasteiger partial charge in [-0.1, -0.05) is 298 Å². The molecule has 0 saturated carbocycles. The number of esters is 3. The van der Waals surface area contributed by atoms with Crippen molar-refractivity contribution in [2.45, 2.75) is 343 Å². The molecule has 1 unspecified atom stereocenters. The van der Waals surface area contributed by atoms with Crippen LogP contribution in [-0.2, 0) is 28.6 Å². The first-order valence-corrected chi connectivity index (χ1v) is 29.8. The first-order chi connectivity index (χ1) is 32.3. The Bertz CT molecular complexity index is 1010. The van der Waals surface area contributed by atoms with E-state index in [9.17, 15) is 14.4 Å². The molecular weight excluding hydrogens is 817 g/mol. The van der Waals surface area contributed by atoms with E-state index in [4.69, 9.17) is 14.2 Å². The lowest BCUT2D eigenvalue weighted by Gasteiger charge is -2.18. The fraction of sp³-hybridized carbons (Fsp3) is 0.950. The largest absolute Gasteiger partial charge is 0.462 e. The topological polar surface area (TPSA) is 78.9 Å². The molecule has 0 N–H and O–H groups in total. The van der Waals surface area contributed by atoms with Gasteiger partial charge >= 0.3 is 17.9 Å². The number of rotatable bonds is 54. The summed E-state index contributed by atoms with van der Waals surface area (Å²) >= 11 is 0. The van der Waals surface area contributed by atoms with Crippen molar-refractivity contribution in [1.82, 2.24) is 0 Å². The molecule has 0 rings (SSSR count). The van der Waals surface area contributed by atoms with Crippen LogP contribution in [0.5, 0.6) is 0 Å². The Morgan fingerprint density at radius 2 is 0.576 bits per heavy atom. The number of carbonyl (C=O) groups is 3. The van der Waals surface area contributed by atoms with Gasteiger partial charge in [-0.15, -0.1) is 0 Å². The zero-order chi connectivity index (χ0) is 48.2. The molecule has 0 aromatic carbocycles. The maximum atomic E-state index is 12.9. The van der Waals surface area contributed by atoms with Gasteiger partial charge in [0.1, 0.15) is 13.2 Å². The molecular formula is C60H116O6. The minimum Gasteiger partial charge on any atom is -0.462 e. The van der Waals surface area contributed by atoms with Gasteiger partial charge in [0.05, 0.1) is 0 Å². The summed E-state index contributed by atoms with van der Waals surface area (Å²) in [7, 11) is 0. The highest BCUT2D eigenvalue weighted by atomic mass is 16.6. The van der Waals surface area contributed by atoms with Crippen LogP contribution in [-0.4, -0.2) is 37.2 Å². The first-order valence-electron chi connectivity index (χ1n) is 29.8. The molecule has 0 fully saturated rings. The Morgan fingerprint density at radius 1 is 0.318 bits per heavy atom. The third-order valence-corrected chi connectivity index (χ3v) is 14.1. The molecule has 0 aliphatic carbocycles. The summed E-state index contributed by atoms with van der Waals surface area (Å²) in [6, 6.07) is 0. The molecule has 0 amide bonds. The summed E-state index contributed by atoms with van der Waals surface area (Å²) in [4.78, 5) is 38.1. The Hall–Kier alpha value is -1.59. The van der Waals surface area contributed by atoms with Crippen molar-refractivity contribution in [3.63, 3.8) is 0 Å². The van der Waals surface area contributed by atoms with Gasteiger partial charge in [-0.3, -0.25) is 14.4 Å². The monoisotopic (exact) mass is 933 g/mol. The van der Waals surface area contributed by atoms with E-state index < -0.39 is 6.10 Å². The molecule has 392 valence electrons. The third-order valence-electron chi connectivity index (χ3n) is 14.1. The van der Waals surface area contributed by atoms with Crippen LogP contribution in [0.25, 0.3) is 0 Å². The second kappa shape index (κ2) is 52.8. The average molecular weight is 934 g/mol. The molecule has 2 atom stereocenters. The molecule has 0 radical (unpaired) electrons. The van der Waals surface area contributed by atoms with E-state index >= 15 is 0 Å².